The first-order valence-corrected chi connectivity index (χ1v) is 18.7. The second kappa shape index (κ2) is 17.5. The Hall–Kier alpha value is -4.54. The fraction of sp³-hybridized carbons (Fsp3) is 0.409. The number of carbonyl (C=O) groups is 2. The van der Waals surface area contributed by atoms with Crippen LogP contribution in [-0.4, -0.2) is 109 Å². The molecule has 0 saturated heterocycles. The largest absolute Gasteiger partial charge is 2.00 e. The van der Waals surface area contributed by atoms with E-state index in [-0.39, 0.29) is 41.8 Å². The summed E-state index contributed by atoms with van der Waals surface area (Å²) in [5.41, 5.74) is 14.8. The molecule has 55 heavy (non-hydrogen) atoms. The average Bonchev–Trinajstić information content (AvgIpc) is 3.74. The van der Waals surface area contributed by atoms with E-state index in [1.165, 1.54) is 0 Å². The van der Waals surface area contributed by atoms with Gasteiger partial charge >= 0.3 is 29.0 Å². The number of H-pyrrole nitrogens is 2. The number of aryl methyl sites for hydroxylation is 2. The van der Waals surface area contributed by atoms with E-state index in [2.05, 4.69) is 104 Å². The number of rotatable bonds is 14. The monoisotopic (exact) mass is 790 g/mol. The van der Waals surface area contributed by atoms with Crippen molar-refractivity contribution < 1.29 is 45.1 Å². The van der Waals surface area contributed by atoms with E-state index in [9.17, 15) is 9.59 Å². The van der Waals surface area contributed by atoms with Crippen molar-refractivity contribution in [3.8, 4) is 0 Å². The molecule has 0 unspecified atom stereocenters. The summed E-state index contributed by atoms with van der Waals surface area (Å²) in [7, 11) is 12.4. The Bertz CT molecular complexity index is 2230. The SMILES string of the molecule is C=Cc1c(C)c2cc3[nH]c(cc4nc(cc5nc(cc1[nH]2)C(C)=C5CCC(=O)OCC[N+](C)(C)C)C(CCC(=O)OCC[N+](C)(C)C)=C4C)c(C)c3C=C.[Fe+2]. The number of esters is 2. The molecule has 0 aliphatic carbocycles. The first kappa shape index (κ1) is 43.2. The van der Waals surface area contributed by atoms with Crippen LogP contribution < -0.4 is 0 Å². The van der Waals surface area contributed by atoms with Crippen LogP contribution in [0.1, 0.15) is 84.6 Å². The van der Waals surface area contributed by atoms with Crippen LogP contribution in [-0.2, 0) is 36.1 Å². The molecule has 5 rings (SSSR count). The fourth-order valence-corrected chi connectivity index (χ4v) is 6.77. The van der Waals surface area contributed by atoms with Crippen molar-refractivity contribution in [2.45, 2.75) is 53.4 Å². The van der Waals surface area contributed by atoms with Gasteiger partial charge in [-0.05, 0) is 98.2 Å². The van der Waals surface area contributed by atoms with Gasteiger partial charge in [0.05, 0.1) is 65.1 Å². The predicted molar refractivity (Wildman–Crippen MR) is 222 cm³/mol. The Morgan fingerprint density at radius 2 is 1.00 bits per heavy atom. The molecule has 8 bridgehead atoms. The van der Waals surface area contributed by atoms with E-state index in [1.54, 1.807) is 0 Å². The van der Waals surface area contributed by atoms with E-state index >= 15 is 0 Å². The zero-order valence-corrected chi connectivity index (χ0v) is 35.4. The molecule has 0 radical (unpaired) electrons. The Kier molecular flexibility index (Phi) is 13.7. The van der Waals surface area contributed by atoms with Crippen LogP contribution in [0.3, 0.4) is 0 Å². The molecule has 0 spiro atoms. The van der Waals surface area contributed by atoms with Gasteiger partial charge in [-0.2, -0.15) is 0 Å². The van der Waals surface area contributed by atoms with Crippen LogP contribution in [0.5, 0.6) is 0 Å². The molecular formula is C44H58FeN6O4+4. The predicted octanol–water partition coefficient (Wildman–Crippen LogP) is 8.14. The minimum Gasteiger partial charge on any atom is -0.460 e. The van der Waals surface area contributed by atoms with Gasteiger partial charge in [0.15, 0.2) is 0 Å². The molecule has 5 heterocycles. The summed E-state index contributed by atoms with van der Waals surface area (Å²) >= 11 is 0. The molecule has 3 aromatic heterocycles. The topological polar surface area (TPSA) is 110 Å². The van der Waals surface area contributed by atoms with Crippen molar-refractivity contribution in [1.82, 2.24) is 19.9 Å². The molecule has 2 aliphatic heterocycles. The van der Waals surface area contributed by atoms with Crippen molar-refractivity contribution in [3.63, 3.8) is 0 Å². The van der Waals surface area contributed by atoms with Gasteiger partial charge in [-0.15, -0.1) is 0 Å². The van der Waals surface area contributed by atoms with E-state index in [4.69, 9.17) is 19.4 Å². The van der Waals surface area contributed by atoms with Crippen molar-refractivity contribution in [1.29, 1.82) is 0 Å². The van der Waals surface area contributed by atoms with Crippen molar-refractivity contribution in [2.24, 2.45) is 0 Å². The summed E-state index contributed by atoms with van der Waals surface area (Å²) in [5, 5.41) is 0. The molecular weight excluding hydrogens is 732 g/mol. The smallest absolute Gasteiger partial charge is 0.460 e. The number of nitrogens with one attached hydrogen (secondary N) is 2. The van der Waals surface area contributed by atoms with E-state index in [0.29, 0.717) is 35.0 Å². The number of nitrogens with zero attached hydrogens (tertiary/aromatic N) is 4. The fourth-order valence-electron chi connectivity index (χ4n) is 6.77. The maximum Gasteiger partial charge on any atom is 2.00 e. The van der Waals surface area contributed by atoms with Crippen LogP contribution in [0.4, 0.5) is 0 Å². The number of hydrogen-bond acceptors (Lipinski definition) is 6. The standard InChI is InChI=1S/C44H58N6O4.Fe/c1-13-31-27(3)35-23-36-29(5)33(15-17-43(51)53-21-19-49(7,8)9)41(47-36)26-42-34(16-18-44(52)54-22-20-50(10,11)12)30(6)38(48-42)25-40-32(14-2)28(4)37(46-40)24-39(31)45-35;/h13-14,23-26,45-46H,1-2,15-22H2,3-12H3;/q2*+2. The number of hydrogen-bond donors (Lipinski definition) is 2. The number of fused-ring (bicyclic) bond motifs is 8. The molecule has 0 aromatic carbocycles. The number of ether oxygens (including phenoxy) is 2. The Balaban J connectivity index is 0.00000673. The second-order valence-electron chi connectivity index (χ2n) is 16.4. The zero-order valence-electron chi connectivity index (χ0n) is 34.3. The third-order valence-electron chi connectivity index (χ3n) is 10.3. The Morgan fingerprint density at radius 3 is 1.40 bits per heavy atom. The van der Waals surface area contributed by atoms with Crippen LogP contribution in [0.15, 0.2) is 37.4 Å². The molecule has 10 nitrogen and oxygen atoms in total. The van der Waals surface area contributed by atoms with E-state index in [1.807, 2.05) is 25.1 Å². The number of aromatic amines is 2. The van der Waals surface area contributed by atoms with Crippen LogP contribution >= 0.6 is 0 Å². The third-order valence-corrected chi connectivity index (χ3v) is 10.3. The summed E-state index contributed by atoms with van der Waals surface area (Å²) in [6.07, 6.45) is 5.11. The first-order chi connectivity index (χ1) is 25.4. The van der Waals surface area contributed by atoms with E-state index < -0.39 is 0 Å². The number of allylic oxidation sites excluding steroid dienone is 4. The Morgan fingerprint density at radius 1 is 0.618 bits per heavy atom. The molecule has 11 heteroatoms. The molecule has 0 atom stereocenters. The number of carbonyl (C=O) groups excluding carboxylic acids is 2. The van der Waals surface area contributed by atoms with Crippen molar-refractivity contribution in [2.75, 3.05) is 68.6 Å². The summed E-state index contributed by atoms with van der Waals surface area (Å²) in [5.74, 6) is -0.479. The van der Waals surface area contributed by atoms with Gasteiger partial charge in [0.2, 0.25) is 0 Å². The summed E-state index contributed by atoms with van der Waals surface area (Å²) in [6, 6.07) is 8.24. The molecule has 2 aliphatic rings. The quantitative estimate of drug-likeness (QED) is 0.0970. The molecule has 0 amide bonds. The normalized spacial score (nSPS) is 13.1. The van der Waals surface area contributed by atoms with Gasteiger partial charge < -0.3 is 28.4 Å². The van der Waals surface area contributed by atoms with Gasteiger partial charge in [-0.25, -0.2) is 9.97 Å². The molecule has 0 saturated carbocycles. The van der Waals surface area contributed by atoms with Gasteiger partial charge in [0, 0.05) is 46.0 Å². The summed E-state index contributed by atoms with van der Waals surface area (Å²) in [4.78, 5) is 43.5. The van der Waals surface area contributed by atoms with Gasteiger partial charge in [0.1, 0.15) is 26.3 Å². The summed E-state index contributed by atoms with van der Waals surface area (Å²) in [6.45, 7) is 18.7. The number of likely N-dealkylation sites (N-methyl/N-ethyl adjacent to an activating group) is 2. The maximum atomic E-state index is 13.0. The minimum atomic E-state index is -0.240. The number of quaternary nitrogens is 2. The third kappa shape index (κ3) is 10.4. The van der Waals surface area contributed by atoms with Gasteiger partial charge in [-0.3, -0.25) is 9.59 Å². The molecule has 292 valence electrons. The first-order valence-electron chi connectivity index (χ1n) is 18.7. The molecule has 2 N–H and O–H groups in total. The number of aromatic nitrogens is 4. The van der Waals surface area contributed by atoms with Crippen molar-refractivity contribution >= 4 is 68.4 Å². The van der Waals surface area contributed by atoms with Crippen LogP contribution in [0, 0.1) is 13.8 Å². The molecule has 0 fully saturated rings. The van der Waals surface area contributed by atoms with Gasteiger partial charge in [-0.1, -0.05) is 25.3 Å². The van der Waals surface area contributed by atoms with Crippen LogP contribution in [0.2, 0.25) is 0 Å². The van der Waals surface area contributed by atoms with Crippen molar-refractivity contribution in [3.05, 3.63) is 82.5 Å². The van der Waals surface area contributed by atoms with Gasteiger partial charge in [0.25, 0.3) is 0 Å². The minimum absolute atomic E-state index is 0. The Labute approximate surface area is 336 Å². The maximum absolute atomic E-state index is 13.0. The molecule has 3 aromatic rings. The van der Waals surface area contributed by atoms with E-state index in [0.717, 1.165) is 102 Å². The second-order valence-corrected chi connectivity index (χ2v) is 16.4. The summed E-state index contributed by atoms with van der Waals surface area (Å²) < 4.78 is 12.7. The van der Waals surface area contributed by atoms with Crippen LogP contribution in [0.25, 0.3) is 56.5 Å². The average molecular weight is 791 g/mol. The zero-order chi connectivity index (χ0) is 39.5.